The van der Waals surface area contributed by atoms with E-state index in [1.807, 2.05) is 23.9 Å². The lowest BCUT2D eigenvalue weighted by Gasteiger charge is -2.35. The molecule has 7 heteroatoms. The summed E-state index contributed by atoms with van der Waals surface area (Å²) in [5.74, 6) is 2.10. The summed E-state index contributed by atoms with van der Waals surface area (Å²) < 4.78 is 4.11. The third kappa shape index (κ3) is 2.48. The third-order valence-corrected chi connectivity index (χ3v) is 4.33. The fraction of sp³-hybridized carbons (Fsp3) is 0.375. The van der Waals surface area contributed by atoms with E-state index in [0.717, 1.165) is 36.1 Å². The Labute approximate surface area is 134 Å². The van der Waals surface area contributed by atoms with Crippen molar-refractivity contribution in [3.63, 3.8) is 0 Å². The van der Waals surface area contributed by atoms with Gasteiger partial charge < -0.3 is 9.47 Å². The molecule has 118 valence electrons. The predicted molar refractivity (Wildman–Crippen MR) is 86.1 cm³/mol. The van der Waals surface area contributed by atoms with Crippen molar-refractivity contribution in [1.82, 2.24) is 29.3 Å². The average Bonchev–Trinajstić information content (AvgIpc) is 3.19. The number of pyridine rings is 1. The number of anilines is 1. The first-order valence-corrected chi connectivity index (χ1v) is 7.79. The fourth-order valence-electron chi connectivity index (χ4n) is 3.17. The highest BCUT2D eigenvalue weighted by Gasteiger charge is 2.27. The zero-order valence-electron chi connectivity index (χ0n) is 13.3. The monoisotopic (exact) mass is 309 g/mol. The van der Waals surface area contributed by atoms with E-state index in [1.165, 1.54) is 0 Å². The second kappa shape index (κ2) is 5.49. The zero-order chi connectivity index (χ0) is 15.8. The summed E-state index contributed by atoms with van der Waals surface area (Å²) in [6, 6.07) is 6.34. The first-order valence-electron chi connectivity index (χ1n) is 7.79. The maximum absolute atomic E-state index is 4.65. The smallest absolute Gasteiger partial charge is 0.137 e. The van der Waals surface area contributed by atoms with Crippen molar-refractivity contribution >= 4 is 5.82 Å². The van der Waals surface area contributed by atoms with Crippen LogP contribution in [-0.4, -0.2) is 35.8 Å². The molecule has 1 atom stereocenters. The van der Waals surface area contributed by atoms with Gasteiger partial charge in [-0.15, -0.1) is 0 Å². The molecule has 1 aliphatic heterocycles. The molecule has 7 nitrogen and oxygen atoms in total. The van der Waals surface area contributed by atoms with Crippen molar-refractivity contribution in [3.8, 4) is 0 Å². The lowest BCUT2D eigenvalue weighted by molar-refractivity contribution is 0.475. The lowest BCUT2D eigenvalue weighted by Crippen LogP contribution is -2.38. The summed E-state index contributed by atoms with van der Waals surface area (Å²) in [5.41, 5.74) is 2.20. The quantitative estimate of drug-likeness (QED) is 0.738. The summed E-state index contributed by atoms with van der Waals surface area (Å²) in [5, 5.41) is 4.18. The van der Waals surface area contributed by atoms with Crippen molar-refractivity contribution in [1.29, 1.82) is 0 Å². The Morgan fingerprint density at radius 1 is 1.26 bits per heavy atom. The molecule has 3 aromatic heterocycles. The Bertz CT molecular complexity index is 806. The van der Waals surface area contributed by atoms with Crippen LogP contribution in [0.1, 0.15) is 30.2 Å². The van der Waals surface area contributed by atoms with E-state index in [4.69, 9.17) is 0 Å². The van der Waals surface area contributed by atoms with Crippen LogP contribution in [-0.2, 0) is 13.1 Å². The molecule has 0 amide bonds. The minimum absolute atomic E-state index is 0.197. The second-order valence-electron chi connectivity index (χ2n) is 5.86. The maximum Gasteiger partial charge on any atom is 0.137 e. The summed E-state index contributed by atoms with van der Waals surface area (Å²) in [7, 11) is 0. The van der Waals surface area contributed by atoms with Gasteiger partial charge >= 0.3 is 0 Å². The molecule has 0 aromatic carbocycles. The molecule has 0 aliphatic carbocycles. The summed E-state index contributed by atoms with van der Waals surface area (Å²) >= 11 is 0. The molecular formula is C16H19N7. The van der Waals surface area contributed by atoms with Crippen LogP contribution >= 0.6 is 0 Å². The molecule has 3 aromatic rings. The Hall–Kier alpha value is -2.70. The minimum Gasteiger partial charge on any atom is -0.345 e. The molecule has 0 saturated carbocycles. The van der Waals surface area contributed by atoms with Crippen LogP contribution in [0.2, 0.25) is 0 Å². The van der Waals surface area contributed by atoms with Gasteiger partial charge in [-0.3, -0.25) is 0 Å². The van der Waals surface area contributed by atoms with Crippen LogP contribution in [0.3, 0.4) is 0 Å². The molecule has 0 spiro atoms. The van der Waals surface area contributed by atoms with Crippen molar-refractivity contribution in [2.24, 2.45) is 0 Å². The van der Waals surface area contributed by atoms with Gasteiger partial charge in [-0.05, 0) is 26.0 Å². The zero-order valence-corrected chi connectivity index (χ0v) is 13.3. The van der Waals surface area contributed by atoms with E-state index >= 15 is 0 Å². The first-order chi connectivity index (χ1) is 11.2. The molecule has 4 heterocycles. The van der Waals surface area contributed by atoms with Crippen molar-refractivity contribution in [2.45, 2.75) is 33.0 Å². The van der Waals surface area contributed by atoms with E-state index < -0.39 is 0 Å². The van der Waals surface area contributed by atoms with E-state index in [0.29, 0.717) is 6.54 Å². The highest BCUT2D eigenvalue weighted by Crippen LogP contribution is 2.29. The van der Waals surface area contributed by atoms with Crippen molar-refractivity contribution in [3.05, 3.63) is 54.3 Å². The van der Waals surface area contributed by atoms with Gasteiger partial charge in [0.2, 0.25) is 0 Å². The maximum atomic E-state index is 4.65. The molecule has 23 heavy (non-hydrogen) atoms. The second-order valence-corrected chi connectivity index (χ2v) is 5.86. The van der Waals surface area contributed by atoms with Gasteiger partial charge in [0, 0.05) is 18.8 Å². The Morgan fingerprint density at radius 2 is 2.17 bits per heavy atom. The number of fused-ring (bicyclic) bond motifs is 1. The topological polar surface area (TPSA) is 64.7 Å². The largest absolute Gasteiger partial charge is 0.345 e. The number of nitrogens with zero attached hydrogens (tertiary/aromatic N) is 7. The van der Waals surface area contributed by atoms with Gasteiger partial charge in [0.05, 0.1) is 24.5 Å². The van der Waals surface area contributed by atoms with Gasteiger partial charge in [-0.2, -0.15) is 5.10 Å². The molecule has 0 radical (unpaired) electrons. The Balaban J connectivity index is 1.62. The van der Waals surface area contributed by atoms with Gasteiger partial charge in [0.1, 0.15) is 24.3 Å². The summed E-state index contributed by atoms with van der Waals surface area (Å²) in [4.78, 5) is 15.6. The minimum atomic E-state index is 0.197. The number of imidazole rings is 1. The van der Waals surface area contributed by atoms with Crippen molar-refractivity contribution < 1.29 is 0 Å². The van der Waals surface area contributed by atoms with Crippen LogP contribution < -0.4 is 4.90 Å². The van der Waals surface area contributed by atoms with Gasteiger partial charge in [0.25, 0.3) is 0 Å². The average molecular weight is 309 g/mol. The number of rotatable bonds is 3. The summed E-state index contributed by atoms with van der Waals surface area (Å²) in [6.45, 7) is 6.73. The van der Waals surface area contributed by atoms with E-state index in [1.54, 1.807) is 12.7 Å². The molecule has 4 rings (SSSR count). The molecule has 1 aliphatic rings. The molecule has 0 bridgehead atoms. The number of hydrogen-bond donors (Lipinski definition) is 0. The Kier molecular flexibility index (Phi) is 3.33. The fourth-order valence-corrected chi connectivity index (χ4v) is 3.17. The van der Waals surface area contributed by atoms with E-state index in [-0.39, 0.29) is 6.04 Å². The van der Waals surface area contributed by atoms with E-state index in [2.05, 4.69) is 48.6 Å². The number of aromatic nitrogens is 6. The number of hydrogen-bond acceptors (Lipinski definition) is 5. The van der Waals surface area contributed by atoms with Crippen LogP contribution in [0.4, 0.5) is 5.82 Å². The predicted octanol–water partition coefficient (Wildman–Crippen LogP) is 1.81. The first kappa shape index (κ1) is 13.9. The molecule has 1 unspecified atom stereocenters. The van der Waals surface area contributed by atoms with Crippen LogP contribution in [0.15, 0.2) is 37.1 Å². The molecule has 0 fully saturated rings. The third-order valence-electron chi connectivity index (χ3n) is 4.33. The van der Waals surface area contributed by atoms with Crippen LogP contribution in [0, 0.1) is 6.92 Å². The molecule has 0 saturated heterocycles. The highest BCUT2D eigenvalue weighted by molar-refractivity contribution is 5.42. The Morgan fingerprint density at radius 3 is 2.96 bits per heavy atom. The van der Waals surface area contributed by atoms with E-state index in [9.17, 15) is 0 Å². The van der Waals surface area contributed by atoms with Crippen LogP contribution in [0.5, 0.6) is 0 Å². The SMILES string of the molecule is Cc1cccc(N2CCn3c(Cn4cncn4)cnc3C2C)n1. The standard InChI is InChI=1S/C16H19N7/c1-12-4-3-5-15(20-12)22-6-7-23-14(8-18-16(23)13(22)2)9-21-11-17-10-19-21/h3-5,8,10-11,13H,6-7,9H2,1-2H3. The van der Waals surface area contributed by atoms with Crippen molar-refractivity contribution in [2.75, 3.05) is 11.4 Å². The van der Waals surface area contributed by atoms with Gasteiger partial charge in [-0.1, -0.05) is 6.07 Å². The highest BCUT2D eigenvalue weighted by atomic mass is 15.3. The van der Waals surface area contributed by atoms with Gasteiger partial charge in [0.15, 0.2) is 0 Å². The van der Waals surface area contributed by atoms with Gasteiger partial charge in [-0.25, -0.2) is 19.6 Å². The molecule has 0 N–H and O–H groups in total. The number of aryl methyl sites for hydroxylation is 1. The summed E-state index contributed by atoms with van der Waals surface area (Å²) in [6.07, 6.45) is 5.23. The van der Waals surface area contributed by atoms with Crippen LogP contribution in [0.25, 0.3) is 0 Å². The lowest BCUT2D eigenvalue weighted by atomic mass is 10.2. The molecular weight excluding hydrogens is 290 g/mol. The normalized spacial score (nSPS) is 17.3.